The summed E-state index contributed by atoms with van der Waals surface area (Å²) in [4.78, 5) is 2.28. The average Bonchev–Trinajstić information content (AvgIpc) is 2.49. The summed E-state index contributed by atoms with van der Waals surface area (Å²) in [5, 5.41) is 10.4. The summed E-state index contributed by atoms with van der Waals surface area (Å²) < 4.78 is 10.7. The minimum Gasteiger partial charge on any atom is -0.497 e. The second-order valence-corrected chi connectivity index (χ2v) is 5.59. The van der Waals surface area contributed by atoms with Crippen LogP contribution in [0.2, 0.25) is 0 Å². The maximum absolute atomic E-state index is 10.4. The number of likely N-dealkylation sites (tertiary alicyclic amines) is 1. The van der Waals surface area contributed by atoms with Crippen molar-refractivity contribution < 1.29 is 14.6 Å². The molecule has 0 saturated carbocycles. The number of nitrogens with zero attached hydrogens (tertiary/aromatic N) is 1. The highest BCUT2D eigenvalue weighted by Gasteiger charge is 2.27. The standard InChI is InChI=1S/C16H25NO3/c1-12-7-8-17(11-16(12)20-3)10-15(18)13-5-4-6-14(9-13)19-2/h4-6,9,12,15-16,18H,7-8,10-11H2,1-3H3. The molecule has 1 aromatic carbocycles. The lowest BCUT2D eigenvalue weighted by molar-refractivity contribution is -0.0180. The number of piperidine rings is 1. The van der Waals surface area contributed by atoms with Crippen LogP contribution in [-0.4, -0.2) is 50.0 Å². The van der Waals surface area contributed by atoms with Crippen molar-refractivity contribution >= 4 is 0 Å². The van der Waals surface area contributed by atoms with E-state index in [1.807, 2.05) is 24.3 Å². The Kier molecular flexibility index (Phi) is 5.40. The van der Waals surface area contributed by atoms with E-state index in [4.69, 9.17) is 9.47 Å². The van der Waals surface area contributed by atoms with Crippen molar-refractivity contribution in [3.63, 3.8) is 0 Å². The van der Waals surface area contributed by atoms with Crippen LogP contribution in [0.25, 0.3) is 0 Å². The molecule has 3 unspecified atom stereocenters. The van der Waals surface area contributed by atoms with E-state index in [0.717, 1.165) is 30.8 Å². The van der Waals surface area contributed by atoms with Gasteiger partial charge in [-0.2, -0.15) is 0 Å². The summed E-state index contributed by atoms with van der Waals surface area (Å²) in [7, 11) is 3.41. The van der Waals surface area contributed by atoms with Crippen molar-refractivity contribution in [2.24, 2.45) is 5.92 Å². The van der Waals surface area contributed by atoms with Crippen LogP contribution < -0.4 is 4.74 Å². The highest BCUT2D eigenvalue weighted by atomic mass is 16.5. The zero-order valence-electron chi connectivity index (χ0n) is 12.6. The van der Waals surface area contributed by atoms with E-state index in [1.54, 1.807) is 14.2 Å². The van der Waals surface area contributed by atoms with Crippen LogP contribution in [0.1, 0.15) is 25.0 Å². The van der Waals surface area contributed by atoms with Crippen LogP contribution in [-0.2, 0) is 4.74 Å². The Balaban J connectivity index is 1.95. The van der Waals surface area contributed by atoms with Gasteiger partial charge in [-0.1, -0.05) is 19.1 Å². The Morgan fingerprint density at radius 1 is 1.40 bits per heavy atom. The van der Waals surface area contributed by atoms with E-state index in [2.05, 4.69) is 11.8 Å². The lowest BCUT2D eigenvalue weighted by Gasteiger charge is -2.37. The molecule has 0 aromatic heterocycles. The van der Waals surface area contributed by atoms with E-state index in [1.165, 1.54) is 0 Å². The Bertz CT molecular complexity index is 424. The molecular formula is C16H25NO3. The lowest BCUT2D eigenvalue weighted by Crippen LogP contribution is -2.45. The van der Waals surface area contributed by atoms with Crippen molar-refractivity contribution in [3.8, 4) is 5.75 Å². The van der Waals surface area contributed by atoms with Crippen LogP contribution in [0.3, 0.4) is 0 Å². The number of methoxy groups -OCH3 is 2. The van der Waals surface area contributed by atoms with Gasteiger partial charge in [0, 0.05) is 20.2 Å². The van der Waals surface area contributed by atoms with Gasteiger partial charge in [-0.3, -0.25) is 4.90 Å². The zero-order valence-corrected chi connectivity index (χ0v) is 12.6. The molecule has 20 heavy (non-hydrogen) atoms. The van der Waals surface area contributed by atoms with Crippen LogP contribution in [0, 0.1) is 5.92 Å². The normalized spacial score (nSPS) is 25.4. The molecule has 1 heterocycles. The first-order valence-corrected chi connectivity index (χ1v) is 7.21. The van der Waals surface area contributed by atoms with E-state index in [-0.39, 0.29) is 6.10 Å². The minimum atomic E-state index is -0.490. The summed E-state index contributed by atoms with van der Waals surface area (Å²) >= 11 is 0. The molecule has 1 saturated heterocycles. The largest absolute Gasteiger partial charge is 0.497 e. The zero-order chi connectivity index (χ0) is 14.5. The van der Waals surface area contributed by atoms with Crippen LogP contribution in [0.5, 0.6) is 5.75 Å². The molecule has 1 aliphatic rings. The SMILES string of the molecule is COc1cccc(C(O)CN2CCC(C)C(OC)C2)c1. The van der Waals surface area contributed by atoms with Gasteiger partial charge in [0.1, 0.15) is 5.75 Å². The number of aliphatic hydroxyl groups excluding tert-OH is 1. The van der Waals surface area contributed by atoms with Crippen molar-refractivity contribution in [2.75, 3.05) is 33.9 Å². The molecule has 4 heteroatoms. The number of aliphatic hydroxyl groups is 1. The molecule has 3 atom stereocenters. The molecule has 0 aliphatic carbocycles. The molecule has 4 nitrogen and oxygen atoms in total. The molecule has 1 aliphatic heterocycles. The van der Waals surface area contributed by atoms with E-state index in [0.29, 0.717) is 12.5 Å². The smallest absolute Gasteiger partial charge is 0.119 e. The van der Waals surface area contributed by atoms with Crippen molar-refractivity contribution in [3.05, 3.63) is 29.8 Å². The fourth-order valence-electron chi connectivity index (χ4n) is 2.77. The number of ether oxygens (including phenoxy) is 2. The Labute approximate surface area is 121 Å². The molecule has 112 valence electrons. The topological polar surface area (TPSA) is 41.9 Å². The van der Waals surface area contributed by atoms with Crippen LogP contribution >= 0.6 is 0 Å². The highest BCUT2D eigenvalue weighted by Crippen LogP contribution is 2.24. The highest BCUT2D eigenvalue weighted by molar-refractivity contribution is 5.29. The summed E-state index contributed by atoms with van der Waals surface area (Å²) in [6, 6.07) is 7.63. The number of β-amino-alcohol motifs (C(OH)–C–C–N with tert-alkyl or cyclic N) is 1. The van der Waals surface area contributed by atoms with Gasteiger partial charge in [0.2, 0.25) is 0 Å². The molecule has 1 aromatic rings. The molecule has 0 amide bonds. The number of hydrogen-bond donors (Lipinski definition) is 1. The third kappa shape index (κ3) is 3.72. The Morgan fingerprint density at radius 3 is 2.90 bits per heavy atom. The molecule has 0 radical (unpaired) electrons. The quantitative estimate of drug-likeness (QED) is 0.896. The number of rotatable bonds is 5. The third-order valence-electron chi connectivity index (χ3n) is 4.19. The first-order valence-electron chi connectivity index (χ1n) is 7.21. The molecular weight excluding hydrogens is 254 g/mol. The van der Waals surface area contributed by atoms with Crippen molar-refractivity contribution in [1.29, 1.82) is 0 Å². The maximum Gasteiger partial charge on any atom is 0.119 e. The average molecular weight is 279 g/mol. The second-order valence-electron chi connectivity index (χ2n) is 5.59. The fourth-order valence-corrected chi connectivity index (χ4v) is 2.77. The first kappa shape index (κ1) is 15.3. The van der Waals surface area contributed by atoms with Crippen molar-refractivity contribution in [2.45, 2.75) is 25.6 Å². The first-order chi connectivity index (χ1) is 9.63. The van der Waals surface area contributed by atoms with Gasteiger partial charge in [0.25, 0.3) is 0 Å². The van der Waals surface area contributed by atoms with Crippen LogP contribution in [0.15, 0.2) is 24.3 Å². The van der Waals surface area contributed by atoms with Gasteiger partial charge in [0.05, 0.1) is 19.3 Å². The lowest BCUT2D eigenvalue weighted by atomic mass is 9.95. The van der Waals surface area contributed by atoms with Crippen LogP contribution in [0.4, 0.5) is 0 Å². The third-order valence-corrected chi connectivity index (χ3v) is 4.19. The molecule has 1 N–H and O–H groups in total. The molecule has 0 bridgehead atoms. The van der Waals surface area contributed by atoms with Gasteiger partial charge in [-0.05, 0) is 36.6 Å². The monoisotopic (exact) mass is 279 g/mol. The van der Waals surface area contributed by atoms with Crippen molar-refractivity contribution in [1.82, 2.24) is 4.90 Å². The van der Waals surface area contributed by atoms with E-state index in [9.17, 15) is 5.11 Å². The summed E-state index contributed by atoms with van der Waals surface area (Å²) in [5.41, 5.74) is 0.900. The van der Waals surface area contributed by atoms with E-state index < -0.39 is 6.10 Å². The predicted octanol–water partition coefficient (Wildman–Crippen LogP) is 2.09. The second kappa shape index (κ2) is 7.07. The Morgan fingerprint density at radius 2 is 2.20 bits per heavy atom. The van der Waals surface area contributed by atoms with Gasteiger partial charge < -0.3 is 14.6 Å². The number of hydrogen-bond acceptors (Lipinski definition) is 4. The van der Waals surface area contributed by atoms with Gasteiger partial charge >= 0.3 is 0 Å². The Hall–Kier alpha value is -1.10. The molecule has 0 spiro atoms. The molecule has 2 rings (SSSR count). The number of benzene rings is 1. The van der Waals surface area contributed by atoms with Gasteiger partial charge in [-0.25, -0.2) is 0 Å². The minimum absolute atomic E-state index is 0.265. The van der Waals surface area contributed by atoms with Gasteiger partial charge in [0.15, 0.2) is 0 Å². The summed E-state index contributed by atoms with van der Waals surface area (Å²) in [6.07, 6.45) is 0.890. The van der Waals surface area contributed by atoms with Gasteiger partial charge in [-0.15, -0.1) is 0 Å². The molecule has 1 fully saturated rings. The maximum atomic E-state index is 10.4. The predicted molar refractivity (Wildman–Crippen MR) is 79.0 cm³/mol. The fraction of sp³-hybridized carbons (Fsp3) is 0.625. The van der Waals surface area contributed by atoms with E-state index >= 15 is 0 Å². The summed E-state index contributed by atoms with van der Waals surface area (Å²) in [5.74, 6) is 1.37. The summed E-state index contributed by atoms with van der Waals surface area (Å²) in [6.45, 7) is 4.77.